The molecule has 0 aliphatic carbocycles. The zero-order valence-electron chi connectivity index (χ0n) is 8.96. The molecule has 0 aromatic carbocycles. The lowest BCUT2D eigenvalue weighted by atomic mass is 10.2. The Morgan fingerprint density at radius 1 is 1.14 bits per heavy atom. The molecule has 3 N–H and O–H groups in total. The van der Waals surface area contributed by atoms with Crippen molar-refractivity contribution in [2.75, 3.05) is 18.8 Å². The minimum atomic E-state index is -3.06. The van der Waals surface area contributed by atoms with E-state index in [2.05, 4.69) is 11.6 Å². The molecular weight excluding hydrogens is 200 g/mol. The van der Waals surface area contributed by atoms with Crippen molar-refractivity contribution in [3.8, 4) is 0 Å². The summed E-state index contributed by atoms with van der Waals surface area (Å²) in [6.07, 6.45) is 4.89. The topological polar surface area (TPSA) is 72.2 Å². The van der Waals surface area contributed by atoms with Crippen LogP contribution in [-0.2, 0) is 10.0 Å². The molecule has 0 aliphatic rings. The molecule has 0 aromatic rings. The van der Waals surface area contributed by atoms with Crippen molar-refractivity contribution in [3.63, 3.8) is 0 Å². The van der Waals surface area contributed by atoms with Crippen LogP contribution in [0.3, 0.4) is 0 Å². The predicted molar refractivity (Wildman–Crippen MR) is 59.6 cm³/mol. The number of unbranched alkanes of at least 4 members (excludes halogenated alkanes) is 3. The molecule has 86 valence electrons. The van der Waals surface area contributed by atoms with Gasteiger partial charge in [0.25, 0.3) is 0 Å². The van der Waals surface area contributed by atoms with Gasteiger partial charge in [-0.1, -0.05) is 26.2 Å². The smallest absolute Gasteiger partial charge is 0.211 e. The van der Waals surface area contributed by atoms with Crippen molar-refractivity contribution in [1.29, 1.82) is 0 Å². The van der Waals surface area contributed by atoms with Crippen molar-refractivity contribution in [2.24, 2.45) is 5.73 Å². The highest BCUT2D eigenvalue weighted by atomic mass is 32.2. The quantitative estimate of drug-likeness (QED) is 0.568. The van der Waals surface area contributed by atoms with Gasteiger partial charge in [-0.2, -0.15) is 0 Å². The second-order valence-corrected chi connectivity index (χ2v) is 5.34. The van der Waals surface area contributed by atoms with E-state index in [4.69, 9.17) is 5.73 Å². The number of hydrogen-bond donors (Lipinski definition) is 2. The van der Waals surface area contributed by atoms with Crippen LogP contribution in [0.4, 0.5) is 0 Å². The van der Waals surface area contributed by atoms with E-state index in [0.29, 0.717) is 19.5 Å². The zero-order valence-corrected chi connectivity index (χ0v) is 9.78. The average molecular weight is 222 g/mol. The van der Waals surface area contributed by atoms with E-state index in [1.54, 1.807) is 0 Å². The standard InChI is InChI=1S/C9H22N2O2S/c1-2-3-4-5-8-11-14(12,13)9-6-7-10/h11H,2-10H2,1H3. The largest absolute Gasteiger partial charge is 0.330 e. The summed E-state index contributed by atoms with van der Waals surface area (Å²) in [7, 11) is -3.06. The van der Waals surface area contributed by atoms with Crippen LogP contribution >= 0.6 is 0 Å². The molecule has 0 spiro atoms. The van der Waals surface area contributed by atoms with Gasteiger partial charge in [-0.15, -0.1) is 0 Å². The van der Waals surface area contributed by atoms with Gasteiger partial charge in [-0.25, -0.2) is 13.1 Å². The van der Waals surface area contributed by atoms with Gasteiger partial charge in [-0.05, 0) is 19.4 Å². The first-order valence-corrected chi connectivity index (χ1v) is 6.95. The van der Waals surface area contributed by atoms with Gasteiger partial charge in [0.2, 0.25) is 10.0 Å². The SMILES string of the molecule is CCCCCCNS(=O)(=O)CCCN. The summed E-state index contributed by atoms with van der Waals surface area (Å²) in [6.45, 7) is 3.12. The third kappa shape index (κ3) is 8.47. The van der Waals surface area contributed by atoms with Crippen LogP contribution < -0.4 is 10.5 Å². The van der Waals surface area contributed by atoms with Crippen LogP contribution in [0.1, 0.15) is 39.0 Å². The molecule has 0 rings (SSSR count). The van der Waals surface area contributed by atoms with Crippen molar-refractivity contribution in [3.05, 3.63) is 0 Å². The molecule has 0 fully saturated rings. The first-order chi connectivity index (χ1) is 6.62. The third-order valence-corrected chi connectivity index (χ3v) is 3.44. The van der Waals surface area contributed by atoms with Crippen molar-refractivity contribution < 1.29 is 8.42 Å². The maximum atomic E-state index is 11.3. The molecule has 0 amide bonds. The Balaban J connectivity index is 3.46. The van der Waals surface area contributed by atoms with Crippen LogP contribution in [-0.4, -0.2) is 27.3 Å². The number of hydrogen-bond acceptors (Lipinski definition) is 3. The minimum Gasteiger partial charge on any atom is -0.330 e. The number of sulfonamides is 1. The second-order valence-electron chi connectivity index (χ2n) is 3.42. The molecule has 0 radical (unpaired) electrons. The van der Waals surface area contributed by atoms with Crippen LogP contribution in [0.25, 0.3) is 0 Å². The maximum absolute atomic E-state index is 11.3. The molecule has 0 aliphatic heterocycles. The van der Waals surface area contributed by atoms with Crippen molar-refractivity contribution >= 4 is 10.0 Å². The van der Waals surface area contributed by atoms with Gasteiger partial charge >= 0.3 is 0 Å². The predicted octanol–water partition coefficient (Wildman–Crippen LogP) is 0.835. The Morgan fingerprint density at radius 3 is 2.43 bits per heavy atom. The van der Waals surface area contributed by atoms with Gasteiger partial charge in [0, 0.05) is 6.54 Å². The first-order valence-electron chi connectivity index (χ1n) is 5.30. The first kappa shape index (κ1) is 13.9. The van der Waals surface area contributed by atoms with Crippen LogP contribution in [0, 0.1) is 0 Å². The molecule has 0 unspecified atom stereocenters. The van der Waals surface area contributed by atoms with E-state index in [1.165, 1.54) is 12.8 Å². The van der Waals surface area contributed by atoms with Gasteiger partial charge in [-0.3, -0.25) is 0 Å². The molecule has 0 atom stereocenters. The summed E-state index contributed by atoms with van der Waals surface area (Å²) in [6, 6.07) is 0. The minimum absolute atomic E-state index is 0.150. The monoisotopic (exact) mass is 222 g/mol. The Bertz CT molecular complexity index is 215. The number of rotatable bonds is 9. The lowest BCUT2D eigenvalue weighted by molar-refractivity contribution is 0.571. The van der Waals surface area contributed by atoms with E-state index in [1.807, 2.05) is 0 Å². The molecule has 0 bridgehead atoms. The Kier molecular flexibility index (Phi) is 8.12. The van der Waals surface area contributed by atoms with E-state index >= 15 is 0 Å². The zero-order chi connectivity index (χ0) is 10.9. The van der Waals surface area contributed by atoms with Gasteiger partial charge < -0.3 is 5.73 Å². The summed E-state index contributed by atoms with van der Waals surface area (Å²) in [5.74, 6) is 0.150. The lowest BCUT2D eigenvalue weighted by Gasteiger charge is -2.05. The maximum Gasteiger partial charge on any atom is 0.211 e. The van der Waals surface area contributed by atoms with Crippen LogP contribution in [0.2, 0.25) is 0 Å². The Labute approximate surface area is 87.3 Å². The van der Waals surface area contributed by atoms with E-state index in [0.717, 1.165) is 12.8 Å². The van der Waals surface area contributed by atoms with Gasteiger partial charge in [0.05, 0.1) is 5.75 Å². The normalized spacial score (nSPS) is 11.9. The summed E-state index contributed by atoms with van der Waals surface area (Å²) in [5.41, 5.74) is 5.24. The lowest BCUT2D eigenvalue weighted by Crippen LogP contribution is -2.28. The van der Waals surface area contributed by atoms with Crippen molar-refractivity contribution in [2.45, 2.75) is 39.0 Å². The molecule has 0 heterocycles. The van der Waals surface area contributed by atoms with Gasteiger partial charge in [0.1, 0.15) is 0 Å². The molecule has 0 saturated carbocycles. The molecule has 0 saturated heterocycles. The average Bonchev–Trinajstić information content (AvgIpc) is 2.15. The third-order valence-electron chi connectivity index (χ3n) is 1.97. The summed E-state index contributed by atoms with van der Waals surface area (Å²) in [5, 5.41) is 0. The van der Waals surface area contributed by atoms with E-state index in [9.17, 15) is 8.42 Å². The Morgan fingerprint density at radius 2 is 1.86 bits per heavy atom. The fourth-order valence-electron chi connectivity index (χ4n) is 1.12. The molecule has 14 heavy (non-hydrogen) atoms. The highest BCUT2D eigenvalue weighted by Crippen LogP contribution is 1.98. The van der Waals surface area contributed by atoms with Crippen LogP contribution in [0.5, 0.6) is 0 Å². The summed E-state index contributed by atoms with van der Waals surface area (Å²) in [4.78, 5) is 0. The molecule has 5 heteroatoms. The fraction of sp³-hybridized carbons (Fsp3) is 1.00. The Hall–Kier alpha value is -0.130. The van der Waals surface area contributed by atoms with E-state index in [-0.39, 0.29) is 5.75 Å². The van der Waals surface area contributed by atoms with Gasteiger partial charge in [0.15, 0.2) is 0 Å². The van der Waals surface area contributed by atoms with Crippen molar-refractivity contribution in [1.82, 2.24) is 4.72 Å². The fourth-order valence-corrected chi connectivity index (χ4v) is 2.27. The second kappa shape index (κ2) is 8.20. The number of nitrogens with one attached hydrogen (secondary N) is 1. The molecule has 4 nitrogen and oxygen atoms in total. The van der Waals surface area contributed by atoms with E-state index < -0.39 is 10.0 Å². The molecular formula is C9H22N2O2S. The van der Waals surface area contributed by atoms with Crippen LogP contribution in [0.15, 0.2) is 0 Å². The summed E-state index contributed by atoms with van der Waals surface area (Å²) >= 11 is 0. The number of nitrogens with two attached hydrogens (primary N) is 1. The summed E-state index contributed by atoms with van der Waals surface area (Å²) < 4.78 is 25.1. The highest BCUT2D eigenvalue weighted by Gasteiger charge is 2.07. The molecule has 0 aromatic heterocycles. The highest BCUT2D eigenvalue weighted by molar-refractivity contribution is 7.89.